The monoisotopic (exact) mass is 1110 g/mol. The van der Waals surface area contributed by atoms with Crippen molar-refractivity contribution in [1.82, 2.24) is 0 Å². The molecule has 0 aromatic heterocycles. The van der Waals surface area contributed by atoms with E-state index in [1.54, 1.807) is 47.6 Å². The molecule has 0 radical (unpaired) electrons. The SMILES string of the molecule is COc1c(O)ccc(C2OCCCO2)c1C(=O)OC(C)(C)C.COc1c(OS(=O)(=O)C(F)(F)F)ccc(C2OCCCO2)c1C(=O)OC(C)(C)C.O=S(=O)(N(c1ccccc1)S(=O)(=O)C(F)(F)F)C(F)(F)F. The van der Waals surface area contributed by atoms with Crippen LogP contribution in [0.15, 0.2) is 54.6 Å². The summed E-state index contributed by atoms with van der Waals surface area (Å²) in [6.07, 6.45) is -0.285. The molecule has 406 valence electrons. The largest absolute Gasteiger partial charge is 0.534 e. The van der Waals surface area contributed by atoms with Crippen LogP contribution in [0.2, 0.25) is 0 Å². The summed E-state index contributed by atoms with van der Waals surface area (Å²) in [6.45, 7) is 11.8. The van der Waals surface area contributed by atoms with Gasteiger partial charge in [0.05, 0.1) is 46.3 Å². The van der Waals surface area contributed by atoms with Crippen molar-refractivity contribution in [3.05, 3.63) is 76.9 Å². The molecule has 19 nitrogen and oxygen atoms in total. The van der Waals surface area contributed by atoms with E-state index >= 15 is 0 Å². The third-order valence-corrected chi connectivity index (χ3v) is 13.2. The molecular formula is C41H48F9NO18S3. The molecule has 2 heterocycles. The number of phenols is 1. The zero-order valence-electron chi connectivity index (χ0n) is 39.1. The van der Waals surface area contributed by atoms with Crippen molar-refractivity contribution in [2.24, 2.45) is 0 Å². The van der Waals surface area contributed by atoms with Gasteiger partial charge in [0.1, 0.15) is 22.3 Å². The minimum absolute atomic E-state index is 0.0597. The lowest BCUT2D eigenvalue weighted by Crippen LogP contribution is -2.49. The van der Waals surface area contributed by atoms with Gasteiger partial charge in [0, 0.05) is 11.1 Å². The molecule has 0 bridgehead atoms. The van der Waals surface area contributed by atoms with Crippen LogP contribution < -0.4 is 17.4 Å². The number of sulfonamides is 2. The average Bonchev–Trinajstić information content (AvgIpc) is 3.25. The van der Waals surface area contributed by atoms with E-state index in [-0.39, 0.29) is 28.2 Å². The lowest BCUT2D eigenvalue weighted by molar-refractivity contribution is -0.183. The van der Waals surface area contributed by atoms with Crippen LogP contribution in [0, 0.1) is 0 Å². The highest BCUT2D eigenvalue weighted by atomic mass is 32.3. The Kier molecular flexibility index (Phi) is 19.7. The second-order valence-electron chi connectivity index (χ2n) is 16.4. The van der Waals surface area contributed by atoms with E-state index in [1.807, 2.05) is 0 Å². The molecule has 2 aliphatic heterocycles. The molecule has 72 heavy (non-hydrogen) atoms. The van der Waals surface area contributed by atoms with Crippen molar-refractivity contribution in [1.29, 1.82) is 0 Å². The van der Waals surface area contributed by atoms with Gasteiger partial charge in [-0.05, 0) is 90.8 Å². The van der Waals surface area contributed by atoms with Crippen LogP contribution in [0.4, 0.5) is 45.2 Å². The Labute approximate surface area is 407 Å². The Hall–Kier alpha value is -5.34. The lowest BCUT2D eigenvalue weighted by atomic mass is 10.0. The summed E-state index contributed by atoms with van der Waals surface area (Å²) in [7, 11) is -17.2. The number of benzene rings is 3. The van der Waals surface area contributed by atoms with Crippen LogP contribution in [0.1, 0.15) is 98.8 Å². The first-order chi connectivity index (χ1) is 32.8. The summed E-state index contributed by atoms with van der Waals surface area (Å²) < 4.78 is 226. The first-order valence-electron chi connectivity index (χ1n) is 20.4. The number of nitrogens with zero attached hydrogens (tertiary/aromatic N) is 1. The molecule has 0 saturated carbocycles. The molecule has 31 heteroatoms. The molecule has 5 rings (SSSR count). The van der Waals surface area contributed by atoms with Crippen LogP contribution >= 0.6 is 0 Å². The fourth-order valence-corrected chi connectivity index (χ4v) is 8.93. The lowest BCUT2D eigenvalue weighted by Gasteiger charge is -2.27. The third-order valence-electron chi connectivity index (χ3n) is 8.57. The predicted molar refractivity (Wildman–Crippen MR) is 231 cm³/mol. The van der Waals surface area contributed by atoms with Crippen molar-refractivity contribution < 1.29 is 122 Å². The van der Waals surface area contributed by atoms with E-state index < -0.39 is 103 Å². The van der Waals surface area contributed by atoms with Crippen molar-refractivity contribution >= 4 is 47.8 Å². The van der Waals surface area contributed by atoms with Gasteiger partial charge in [-0.25, -0.2) is 9.59 Å². The summed E-state index contributed by atoms with van der Waals surface area (Å²) >= 11 is 0. The van der Waals surface area contributed by atoms with Crippen molar-refractivity contribution in [2.75, 3.05) is 44.4 Å². The van der Waals surface area contributed by atoms with Gasteiger partial charge in [-0.1, -0.05) is 18.2 Å². The van der Waals surface area contributed by atoms with E-state index in [9.17, 15) is 79.5 Å². The smallest absolute Gasteiger partial charge is 0.504 e. The molecule has 2 saturated heterocycles. The molecule has 2 aliphatic rings. The predicted octanol–water partition coefficient (Wildman–Crippen LogP) is 8.30. The van der Waals surface area contributed by atoms with Gasteiger partial charge in [-0.3, -0.25) is 0 Å². The van der Waals surface area contributed by atoms with Crippen LogP contribution in [-0.2, 0) is 58.6 Å². The third kappa shape index (κ3) is 15.3. The van der Waals surface area contributed by atoms with Gasteiger partial charge in [-0.15, -0.1) is 3.71 Å². The minimum atomic E-state index is -6.81. The zero-order chi connectivity index (χ0) is 55.1. The molecule has 0 aliphatic carbocycles. The quantitative estimate of drug-likeness (QED) is 0.0821. The number of methoxy groups -OCH3 is 2. The first kappa shape index (κ1) is 61.0. The zero-order valence-corrected chi connectivity index (χ0v) is 41.5. The van der Waals surface area contributed by atoms with Gasteiger partial charge >= 0.3 is 58.6 Å². The number of hydrogen-bond donors (Lipinski definition) is 1. The molecule has 0 atom stereocenters. The highest BCUT2D eigenvalue weighted by Crippen LogP contribution is 2.43. The number of carbonyl (C=O) groups excluding carboxylic acids is 2. The van der Waals surface area contributed by atoms with Gasteiger partial charge in [0.25, 0.3) is 0 Å². The topological polar surface area (TPSA) is 243 Å². The number of aromatic hydroxyl groups is 1. The molecular weight excluding hydrogens is 1060 g/mol. The maximum Gasteiger partial charge on any atom is 0.534 e. The maximum absolute atomic E-state index is 12.8. The molecule has 3 aromatic carbocycles. The van der Waals surface area contributed by atoms with Crippen molar-refractivity contribution in [2.45, 2.75) is 94.7 Å². The minimum Gasteiger partial charge on any atom is -0.504 e. The van der Waals surface area contributed by atoms with E-state index in [1.165, 1.54) is 19.2 Å². The van der Waals surface area contributed by atoms with E-state index in [2.05, 4.69) is 4.18 Å². The average molecular weight is 1110 g/mol. The van der Waals surface area contributed by atoms with E-state index in [0.717, 1.165) is 37.8 Å². The Bertz CT molecular complexity index is 2650. The number of ether oxygens (including phenoxy) is 8. The fraction of sp³-hybridized carbons (Fsp3) is 0.512. The number of phenolic OH excluding ortho intramolecular Hbond substituents is 1. The molecule has 2 fully saturated rings. The molecule has 0 unspecified atom stereocenters. The number of hydrogen-bond acceptors (Lipinski definition) is 18. The number of anilines is 1. The molecule has 1 N–H and O–H groups in total. The van der Waals surface area contributed by atoms with Crippen LogP contribution in [0.25, 0.3) is 0 Å². The van der Waals surface area contributed by atoms with Gasteiger partial charge < -0.3 is 47.2 Å². The first-order valence-corrected chi connectivity index (χ1v) is 24.6. The van der Waals surface area contributed by atoms with Gasteiger partial charge in [-0.2, -0.15) is 64.8 Å². The van der Waals surface area contributed by atoms with E-state index in [0.29, 0.717) is 50.5 Å². The summed E-state index contributed by atoms with van der Waals surface area (Å²) in [5.41, 5.74) is -20.7. The van der Waals surface area contributed by atoms with Crippen LogP contribution in [-0.4, -0.2) is 111 Å². The van der Waals surface area contributed by atoms with E-state index in [4.69, 9.17) is 37.9 Å². The summed E-state index contributed by atoms with van der Waals surface area (Å²) in [4.78, 5) is 25.3. The molecule has 3 aromatic rings. The highest BCUT2D eigenvalue weighted by molar-refractivity contribution is 8.11. The summed E-state index contributed by atoms with van der Waals surface area (Å²) in [6, 6.07) is 8.98. The van der Waals surface area contributed by atoms with Crippen molar-refractivity contribution in [3.63, 3.8) is 0 Å². The molecule has 0 amide bonds. The second-order valence-corrected chi connectivity index (χ2v) is 21.7. The number of esters is 2. The fourth-order valence-electron chi connectivity index (χ4n) is 5.76. The number of halogens is 9. The standard InChI is InChI=1S/C17H21F3O8S.C16H22O6.C8H5F6NO4S2/c1-16(2,3)27-14(21)12-10(15-25-8-5-9-26-15)6-7-11(13(12)24-4)28-29(22,23)17(18,19)20;1-16(2,3)22-14(18)12-10(15-20-8-5-9-21-15)6-7-11(17)13(12)19-4;9-7(10,11)20(16,17)15(6-4-2-1-3-5-6)21(18,19)8(12,13)14/h6-7,15H,5,8-9H2,1-4H3;6-7,15,17H,5,8-9H2,1-4H3;1-5H. The molecule has 0 spiro atoms. The number of rotatable bonds is 11. The van der Waals surface area contributed by atoms with Gasteiger partial charge in [0.15, 0.2) is 35.6 Å². The van der Waals surface area contributed by atoms with Crippen LogP contribution in [0.3, 0.4) is 0 Å². The number of para-hydroxylation sites is 1. The normalized spacial score (nSPS) is 15.7. The summed E-state index contributed by atoms with van der Waals surface area (Å²) in [5, 5.41) is 9.95. The Morgan fingerprint density at radius 1 is 0.569 bits per heavy atom. The maximum atomic E-state index is 12.8. The highest BCUT2D eigenvalue weighted by Gasteiger charge is 2.61. The van der Waals surface area contributed by atoms with Crippen molar-refractivity contribution in [3.8, 4) is 23.0 Å². The Morgan fingerprint density at radius 2 is 0.944 bits per heavy atom. The Morgan fingerprint density at radius 3 is 1.29 bits per heavy atom. The Balaban J connectivity index is 0.000000290. The second kappa shape index (κ2) is 23.3. The number of alkyl halides is 9. The summed E-state index contributed by atoms with van der Waals surface area (Å²) in [5.74, 6) is -3.02. The van der Waals surface area contributed by atoms with Crippen LogP contribution in [0.5, 0.6) is 23.0 Å². The number of carbonyl (C=O) groups is 2. The van der Waals surface area contributed by atoms with Gasteiger partial charge in [0.2, 0.25) is 0 Å².